The van der Waals surface area contributed by atoms with Gasteiger partial charge in [0.15, 0.2) is 5.54 Å². The Morgan fingerprint density at radius 2 is 1.88 bits per heavy atom. The molecule has 2 aliphatic rings. The summed E-state index contributed by atoms with van der Waals surface area (Å²) >= 11 is 0. The predicted octanol–water partition coefficient (Wildman–Crippen LogP) is 2.66. The second-order valence-electron chi connectivity index (χ2n) is 7.46. The Morgan fingerprint density at radius 1 is 1.25 bits per heavy atom. The van der Waals surface area contributed by atoms with Crippen molar-refractivity contribution in [2.24, 2.45) is 5.92 Å². The van der Waals surface area contributed by atoms with Crippen molar-refractivity contribution in [3.8, 4) is 0 Å². The van der Waals surface area contributed by atoms with E-state index in [4.69, 9.17) is 4.74 Å². The first kappa shape index (κ1) is 16.5. The summed E-state index contributed by atoms with van der Waals surface area (Å²) < 4.78 is 5.42. The van der Waals surface area contributed by atoms with E-state index < -0.39 is 17.2 Å². The molecule has 128 valence electrons. The highest BCUT2D eigenvalue weighted by Gasteiger charge is 2.65. The lowest BCUT2D eigenvalue weighted by Gasteiger charge is -2.36. The molecule has 6 heteroatoms. The number of rotatable bonds is 0. The number of hydrogen-bond acceptors (Lipinski definition) is 4. The number of fused-ring (bicyclic) bond motifs is 2. The second kappa shape index (κ2) is 5.06. The molecule has 0 bridgehead atoms. The zero-order valence-corrected chi connectivity index (χ0v) is 14.6. The van der Waals surface area contributed by atoms with E-state index in [1.165, 1.54) is 4.90 Å². The first-order valence-electron chi connectivity index (χ1n) is 8.04. The highest BCUT2D eigenvalue weighted by Crippen LogP contribution is 2.53. The molecule has 1 saturated heterocycles. The minimum atomic E-state index is -1.31. The Hall–Kier alpha value is -2.37. The number of imide groups is 1. The Kier molecular flexibility index (Phi) is 3.48. The molecule has 1 spiro atoms. The van der Waals surface area contributed by atoms with E-state index in [9.17, 15) is 14.4 Å². The van der Waals surface area contributed by atoms with Crippen molar-refractivity contribution in [2.75, 3.05) is 11.9 Å². The summed E-state index contributed by atoms with van der Waals surface area (Å²) in [6.45, 7) is 7.03. The van der Waals surface area contributed by atoms with Gasteiger partial charge in [0.25, 0.3) is 5.91 Å². The lowest BCUT2D eigenvalue weighted by molar-refractivity contribution is -0.139. The predicted molar refractivity (Wildman–Crippen MR) is 88.4 cm³/mol. The SMILES string of the molecule is C[C@H]1CC(=O)N(C(=O)OC(C)(C)C)[C@@]12C(=O)N(C)c1ccccc12. The zero-order valence-electron chi connectivity index (χ0n) is 14.6. The normalized spacial score (nSPS) is 26.3. The summed E-state index contributed by atoms with van der Waals surface area (Å²) in [5, 5.41) is 0. The van der Waals surface area contributed by atoms with Crippen LogP contribution < -0.4 is 4.90 Å². The van der Waals surface area contributed by atoms with Gasteiger partial charge < -0.3 is 9.64 Å². The summed E-state index contributed by atoms with van der Waals surface area (Å²) in [4.78, 5) is 41.0. The fourth-order valence-corrected chi connectivity index (χ4v) is 3.73. The molecule has 0 aromatic heterocycles. The van der Waals surface area contributed by atoms with Gasteiger partial charge in [0.1, 0.15) is 5.60 Å². The largest absolute Gasteiger partial charge is 0.443 e. The van der Waals surface area contributed by atoms with Crippen LogP contribution in [0, 0.1) is 5.92 Å². The summed E-state index contributed by atoms with van der Waals surface area (Å²) in [5.41, 5.74) is -0.665. The van der Waals surface area contributed by atoms with Crippen LogP contribution in [0.4, 0.5) is 10.5 Å². The average molecular weight is 330 g/mol. The highest BCUT2D eigenvalue weighted by atomic mass is 16.6. The number of ether oxygens (including phenoxy) is 1. The van der Waals surface area contributed by atoms with E-state index in [1.807, 2.05) is 31.2 Å². The number of anilines is 1. The molecule has 1 aromatic carbocycles. The average Bonchev–Trinajstić information content (AvgIpc) is 2.86. The first-order chi connectivity index (χ1) is 11.1. The Labute approximate surface area is 141 Å². The molecule has 0 N–H and O–H groups in total. The van der Waals surface area contributed by atoms with Crippen LogP contribution in [-0.2, 0) is 19.9 Å². The molecule has 2 aliphatic heterocycles. The molecular formula is C18H22N2O4. The molecule has 0 saturated carbocycles. The molecule has 3 rings (SSSR count). The number of carbonyl (C=O) groups is 3. The maximum atomic E-state index is 13.1. The van der Waals surface area contributed by atoms with Crippen LogP contribution in [0.25, 0.3) is 0 Å². The quantitative estimate of drug-likeness (QED) is 0.733. The maximum absolute atomic E-state index is 13.1. The van der Waals surface area contributed by atoms with Crippen molar-refractivity contribution in [3.05, 3.63) is 29.8 Å². The van der Waals surface area contributed by atoms with Crippen molar-refractivity contribution < 1.29 is 19.1 Å². The van der Waals surface area contributed by atoms with Crippen molar-refractivity contribution in [1.29, 1.82) is 0 Å². The number of likely N-dealkylation sites (N-methyl/N-ethyl adjacent to an activating group) is 1. The Balaban J connectivity index is 2.18. The molecule has 2 atom stereocenters. The van der Waals surface area contributed by atoms with Gasteiger partial charge in [-0.2, -0.15) is 0 Å². The van der Waals surface area contributed by atoms with Crippen LogP contribution in [0.2, 0.25) is 0 Å². The van der Waals surface area contributed by atoms with Crippen LogP contribution in [0.15, 0.2) is 24.3 Å². The number of carbonyl (C=O) groups excluding carboxylic acids is 3. The van der Waals surface area contributed by atoms with Gasteiger partial charge in [-0.05, 0) is 26.8 Å². The topological polar surface area (TPSA) is 66.9 Å². The molecule has 3 amide bonds. The lowest BCUT2D eigenvalue weighted by atomic mass is 9.80. The van der Waals surface area contributed by atoms with E-state index >= 15 is 0 Å². The molecule has 2 heterocycles. The van der Waals surface area contributed by atoms with E-state index in [0.717, 1.165) is 10.6 Å². The number of amides is 3. The van der Waals surface area contributed by atoms with Gasteiger partial charge in [0.2, 0.25) is 5.91 Å². The van der Waals surface area contributed by atoms with E-state index in [1.54, 1.807) is 27.8 Å². The number of benzene rings is 1. The summed E-state index contributed by atoms with van der Waals surface area (Å²) in [5.74, 6) is -0.973. The Bertz CT molecular complexity index is 737. The molecule has 24 heavy (non-hydrogen) atoms. The molecule has 0 unspecified atom stereocenters. The minimum absolute atomic E-state index is 0.132. The standard InChI is InChI=1S/C18H22N2O4/c1-11-10-14(21)20(16(23)24-17(2,3)4)18(11)12-8-6-7-9-13(12)19(5)15(18)22/h6-9,11H,10H2,1-5H3/t11-,18-/m0/s1. The van der Waals surface area contributed by atoms with Gasteiger partial charge in [0, 0.05) is 30.6 Å². The number of likely N-dealkylation sites (tertiary alicyclic amines) is 1. The van der Waals surface area contributed by atoms with Crippen molar-refractivity contribution in [3.63, 3.8) is 0 Å². The number of hydrogen-bond donors (Lipinski definition) is 0. The van der Waals surface area contributed by atoms with Gasteiger partial charge in [-0.3, -0.25) is 9.59 Å². The number of nitrogens with zero attached hydrogens (tertiary/aromatic N) is 2. The lowest BCUT2D eigenvalue weighted by Crippen LogP contribution is -2.56. The van der Waals surface area contributed by atoms with Crippen molar-refractivity contribution in [2.45, 2.75) is 45.3 Å². The summed E-state index contributed by atoms with van der Waals surface area (Å²) in [6, 6.07) is 7.28. The second-order valence-corrected chi connectivity index (χ2v) is 7.46. The zero-order chi connectivity index (χ0) is 17.9. The van der Waals surface area contributed by atoms with Crippen LogP contribution in [0.5, 0.6) is 0 Å². The molecule has 1 aromatic rings. The highest BCUT2D eigenvalue weighted by molar-refractivity contribution is 6.14. The Morgan fingerprint density at radius 3 is 2.50 bits per heavy atom. The third-order valence-corrected chi connectivity index (χ3v) is 4.68. The van der Waals surface area contributed by atoms with Gasteiger partial charge in [-0.15, -0.1) is 0 Å². The fraction of sp³-hybridized carbons (Fsp3) is 0.500. The third-order valence-electron chi connectivity index (χ3n) is 4.68. The first-order valence-corrected chi connectivity index (χ1v) is 8.04. The molecule has 1 fully saturated rings. The maximum Gasteiger partial charge on any atom is 0.418 e. The van der Waals surface area contributed by atoms with Crippen molar-refractivity contribution in [1.82, 2.24) is 4.90 Å². The monoisotopic (exact) mass is 330 g/mol. The van der Waals surface area contributed by atoms with E-state index in [0.29, 0.717) is 5.56 Å². The summed E-state index contributed by atoms with van der Waals surface area (Å²) in [6.07, 6.45) is -0.636. The molecule has 0 radical (unpaired) electrons. The van der Waals surface area contributed by atoms with Crippen LogP contribution in [0.3, 0.4) is 0 Å². The van der Waals surface area contributed by atoms with Crippen molar-refractivity contribution >= 4 is 23.6 Å². The molecule has 0 aliphatic carbocycles. The third kappa shape index (κ3) is 2.05. The fourth-order valence-electron chi connectivity index (χ4n) is 3.73. The number of para-hydroxylation sites is 1. The van der Waals surface area contributed by atoms with Gasteiger partial charge in [-0.25, -0.2) is 9.69 Å². The summed E-state index contributed by atoms with van der Waals surface area (Å²) in [7, 11) is 1.67. The smallest absolute Gasteiger partial charge is 0.418 e. The van der Waals surface area contributed by atoms with Gasteiger partial charge in [0.05, 0.1) is 0 Å². The van der Waals surface area contributed by atoms with Gasteiger partial charge in [-0.1, -0.05) is 25.1 Å². The molecular weight excluding hydrogens is 308 g/mol. The van der Waals surface area contributed by atoms with Crippen LogP contribution in [-0.4, -0.2) is 35.5 Å². The minimum Gasteiger partial charge on any atom is -0.443 e. The molecule has 6 nitrogen and oxygen atoms in total. The van der Waals surface area contributed by atoms with Crippen LogP contribution >= 0.6 is 0 Å². The van der Waals surface area contributed by atoms with E-state index in [2.05, 4.69) is 0 Å². The van der Waals surface area contributed by atoms with E-state index in [-0.39, 0.29) is 24.2 Å². The van der Waals surface area contributed by atoms with Crippen LogP contribution in [0.1, 0.15) is 39.7 Å². The van der Waals surface area contributed by atoms with Gasteiger partial charge >= 0.3 is 6.09 Å².